The number of nitrogens with zero attached hydrogens (tertiary/aromatic N) is 4. The van der Waals surface area contributed by atoms with Gasteiger partial charge in [-0.3, -0.25) is 9.78 Å². The number of hydrogen-bond donors (Lipinski definition) is 1. The van der Waals surface area contributed by atoms with Crippen LogP contribution in [0.2, 0.25) is 0 Å². The van der Waals surface area contributed by atoms with E-state index in [9.17, 15) is 9.59 Å². The molecule has 0 saturated carbocycles. The summed E-state index contributed by atoms with van der Waals surface area (Å²) in [5, 5.41) is 1.14. The van der Waals surface area contributed by atoms with Crippen molar-refractivity contribution in [2.75, 3.05) is 0 Å². The van der Waals surface area contributed by atoms with E-state index in [1.54, 1.807) is 51.4 Å². The average Bonchev–Trinajstić information content (AvgIpc) is 3.33. The van der Waals surface area contributed by atoms with Crippen molar-refractivity contribution >= 4 is 41.7 Å². The number of nitrogens with one attached hydrogen (secondary N) is 1. The van der Waals surface area contributed by atoms with Crippen LogP contribution in [0.1, 0.15) is 26.3 Å². The van der Waals surface area contributed by atoms with E-state index in [2.05, 4.69) is 20.0 Å². The molecule has 4 rings (SSSR count). The molecule has 8 nitrogen and oxygen atoms in total. The Morgan fingerprint density at radius 3 is 2.74 bits per heavy atom. The molecule has 0 fully saturated rings. The quantitative estimate of drug-likeness (QED) is 0.693. The van der Waals surface area contributed by atoms with E-state index >= 15 is 0 Å². The van der Waals surface area contributed by atoms with E-state index in [0.29, 0.717) is 5.70 Å². The number of ether oxygens (including phenoxy) is 1. The van der Waals surface area contributed by atoms with Gasteiger partial charge in [0.2, 0.25) is 0 Å². The van der Waals surface area contributed by atoms with E-state index in [0.717, 1.165) is 21.0 Å². The van der Waals surface area contributed by atoms with Crippen LogP contribution in [0.25, 0.3) is 23.1 Å². The highest BCUT2D eigenvalue weighted by Crippen LogP contribution is 2.16. The molecule has 1 N–H and O–H groups in total. The van der Waals surface area contributed by atoms with Gasteiger partial charge in [-0.25, -0.2) is 14.8 Å². The molecule has 0 unspecified atom stereocenters. The number of imidazole rings is 1. The number of rotatable bonds is 2. The topological polar surface area (TPSA) is 102 Å². The Hall–Kier alpha value is -4.07. The van der Waals surface area contributed by atoms with Crippen molar-refractivity contribution in [1.82, 2.24) is 14.5 Å². The first kappa shape index (κ1) is 20.2. The third-order valence-corrected chi connectivity index (χ3v) is 4.38. The summed E-state index contributed by atoms with van der Waals surface area (Å²) in [6.45, 7) is 5.23. The standard InChI is InChI=1S/C23H21N5O3/c1-23(2,3)31-22(30)28-20(10-9-16-13-24-14-26-16)27-19(21(28)29)12-15-6-4-8-18-17(15)7-5-11-25-18/h4-14,27H,1-3H3/b16-9?,19-12-,20-10?. The van der Waals surface area contributed by atoms with Crippen LogP contribution in [0.15, 0.2) is 63.1 Å². The molecule has 2 aromatic heterocycles. The zero-order valence-electron chi connectivity index (χ0n) is 17.4. The number of pyridine rings is 1. The molecule has 31 heavy (non-hydrogen) atoms. The molecule has 0 aliphatic carbocycles. The van der Waals surface area contributed by atoms with Gasteiger partial charge in [0, 0.05) is 11.6 Å². The fourth-order valence-corrected chi connectivity index (χ4v) is 3.08. The Bertz CT molecular complexity index is 1410. The van der Waals surface area contributed by atoms with Gasteiger partial charge in [0.25, 0.3) is 5.56 Å². The summed E-state index contributed by atoms with van der Waals surface area (Å²) in [5.41, 5.74) is 1.22. The largest absolute Gasteiger partial charge is 0.443 e. The van der Waals surface area contributed by atoms with E-state index < -0.39 is 17.3 Å². The summed E-state index contributed by atoms with van der Waals surface area (Å²) >= 11 is 0. The molecule has 0 saturated heterocycles. The number of hydrogen-bond acceptors (Lipinski definition) is 6. The monoisotopic (exact) mass is 415 g/mol. The van der Waals surface area contributed by atoms with Crippen molar-refractivity contribution < 1.29 is 9.53 Å². The third-order valence-electron chi connectivity index (χ3n) is 4.38. The Labute approximate surface area is 177 Å². The van der Waals surface area contributed by atoms with E-state index in [4.69, 9.17) is 4.74 Å². The molecule has 0 amide bonds. The average molecular weight is 415 g/mol. The van der Waals surface area contributed by atoms with Crippen molar-refractivity contribution in [3.8, 4) is 0 Å². The predicted octanol–water partition coefficient (Wildman–Crippen LogP) is 2.11. The van der Waals surface area contributed by atoms with E-state index in [1.807, 2.05) is 30.3 Å². The van der Waals surface area contributed by atoms with Gasteiger partial charge >= 0.3 is 6.09 Å². The number of aliphatic imine (C=N–C) groups is 2. The Kier molecular flexibility index (Phi) is 5.21. The number of H-pyrrole nitrogens is 1. The minimum atomic E-state index is -0.763. The lowest BCUT2D eigenvalue weighted by atomic mass is 10.1. The summed E-state index contributed by atoms with van der Waals surface area (Å²) in [6.07, 6.45) is 8.90. The van der Waals surface area contributed by atoms with E-state index in [1.165, 1.54) is 6.34 Å². The van der Waals surface area contributed by atoms with Crippen molar-refractivity contribution in [3.63, 3.8) is 0 Å². The maximum atomic E-state index is 13.1. The lowest BCUT2D eigenvalue weighted by Crippen LogP contribution is -2.40. The van der Waals surface area contributed by atoms with Gasteiger partial charge in [-0.1, -0.05) is 18.2 Å². The normalized spacial score (nSPS) is 16.0. The second kappa shape index (κ2) is 7.98. The fourth-order valence-electron chi connectivity index (χ4n) is 3.08. The van der Waals surface area contributed by atoms with Crippen LogP contribution >= 0.6 is 0 Å². The van der Waals surface area contributed by atoms with Gasteiger partial charge in [0.15, 0.2) is 0 Å². The highest BCUT2D eigenvalue weighted by atomic mass is 16.6. The van der Waals surface area contributed by atoms with Crippen molar-refractivity contribution in [1.29, 1.82) is 0 Å². The Morgan fingerprint density at radius 2 is 2.00 bits per heavy atom. The Morgan fingerprint density at radius 1 is 1.16 bits per heavy atom. The molecule has 1 aliphatic heterocycles. The molecule has 1 aromatic carbocycles. The predicted molar refractivity (Wildman–Crippen MR) is 121 cm³/mol. The van der Waals surface area contributed by atoms with Gasteiger partial charge < -0.3 is 9.72 Å². The fraction of sp³-hybridized carbons (Fsp3) is 0.174. The van der Waals surface area contributed by atoms with Gasteiger partial charge in [-0.2, -0.15) is 4.57 Å². The maximum Gasteiger partial charge on any atom is 0.423 e. The lowest BCUT2D eigenvalue weighted by Gasteiger charge is -2.19. The summed E-state index contributed by atoms with van der Waals surface area (Å²) < 4.78 is 6.41. The van der Waals surface area contributed by atoms with Crippen LogP contribution in [0.3, 0.4) is 0 Å². The van der Waals surface area contributed by atoms with Crippen LogP contribution in [0.5, 0.6) is 0 Å². The van der Waals surface area contributed by atoms with Crippen molar-refractivity contribution in [3.05, 3.63) is 75.0 Å². The second-order valence-electron chi connectivity index (χ2n) is 7.89. The zero-order chi connectivity index (χ0) is 22.0. The number of fused-ring (bicyclic) bond motifs is 1. The first-order valence-electron chi connectivity index (χ1n) is 9.69. The molecule has 8 heteroatoms. The van der Waals surface area contributed by atoms with Crippen LogP contribution in [0, 0.1) is 0 Å². The molecule has 0 radical (unpaired) electrons. The second-order valence-corrected chi connectivity index (χ2v) is 7.89. The van der Waals surface area contributed by atoms with Gasteiger partial charge in [0.05, 0.1) is 17.4 Å². The molecular formula is C23H21N5O3. The molecule has 0 bridgehead atoms. The van der Waals surface area contributed by atoms with Crippen LogP contribution in [0.4, 0.5) is 4.79 Å². The van der Waals surface area contributed by atoms with Crippen LogP contribution in [-0.4, -0.2) is 38.8 Å². The maximum absolute atomic E-state index is 13.1. The third kappa shape index (κ3) is 4.42. The number of allylic oxidation sites excluding steroid dienone is 2. The van der Waals surface area contributed by atoms with Crippen LogP contribution < -0.4 is 16.4 Å². The first-order chi connectivity index (χ1) is 14.8. The van der Waals surface area contributed by atoms with Crippen LogP contribution in [-0.2, 0) is 4.74 Å². The first-order valence-corrected chi connectivity index (χ1v) is 9.69. The van der Waals surface area contributed by atoms with Gasteiger partial charge in [0.1, 0.15) is 22.8 Å². The van der Waals surface area contributed by atoms with Gasteiger partial charge in [-0.05, 0) is 56.7 Å². The number of aromatic amines is 1. The lowest BCUT2D eigenvalue weighted by molar-refractivity contribution is 0.0526. The SMILES string of the molecule is CC(C)(C)OC(=O)n1c(=CC=C2C=NC=N2)[nH]/c(=C\c2cccc3ncccc23)c1=O. The Balaban J connectivity index is 1.92. The number of benzene rings is 1. The molecule has 0 spiro atoms. The summed E-state index contributed by atoms with van der Waals surface area (Å²) in [4.78, 5) is 41.3. The highest BCUT2D eigenvalue weighted by molar-refractivity contribution is 5.92. The molecule has 156 valence electrons. The summed E-state index contributed by atoms with van der Waals surface area (Å²) in [5.74, 6) is 0. The number of aromatic nitrogens is 3. The molecule has 0 atom stereocenters. The zero-order valence-corrected chi connectivity index (χ0v) is 17.4. The van der Waals surface area contributed by atoms with Gasteiger partial charge in [-0.15, -0.1) is 0 Å². The van der Waals surface area contributed by atoms with Crippen molar-refractivity contribution in [2.45, 2.75) is 26.4 Å². The molecule has 3 heterocycles. The molecular weight excluding hydrogens is 394 g/mol. The number of carbonyl (C=O) groups excluding carboxylic acids is 1. The molecule has 1 aliphatic rings. The van der Waals surface area contributed by atoms with E-state index in [-0.39, 0.29) is 10.8 Å². The minimum Gasteiger partial charge on any atom is -0.443 e. The minimum absolute atomic E-state index is 0.246. The smallest absolute Gasteiger partial charge is 0.423 e. The number of carbonyl (C=O) groups is 1. The summed E-state index contributed by atoms with van der Waals surface area (Å²) in [7, 11) is 0. The molecule has 3 aromatic rings. The summed E-state index contributed by atoms with van der Waals surface area (Å²) in [6, 6.07) is 9.42. The highest BCUT2D eigenvalue weighted by Gasteiger charge is 2.21. The van der Waals surface area contributed by atoms with Crippen molar-refractivity contribution in [2.24, 2.45) is 9.98 Å².